The van der Waals surface area contributed by atoms with Crippen molar-refractivity contribution < 1.29 is 0 Å². The third kappa shape index (κ3) is 9.12. The molecule has 0 aliphatic carbocycles. The molecule has 0 saturated heterocycles. The fourth-order valence-corrected chi connectivity index (χ4v) is 41.0. The first-order valence-corrected chi connectivity index (χ1v) is 44.8. The van der Waals surface area contributed by atoms with E-state index < -0.39 is 32.3 Å². The number of thiophene rings is 12. The van der Waals surface area contributed by atoms with Gasteiger partial charge in [-0.15, -0.1) is 136 Å². The molecule has 12 aromatic heterocycles. The van der Waals surface area contributed by atoms with Crippen LogP contribution in [-0.4, -0.2) is 32.3 Å². The Labute approximate surface area is 469 Å². The topological polar surface area (TPSA) is 0 Å². The fourth-order valence-electron chi connectivity index (χ4n) is 9.04. The Morgan fingerprint density at radius 1 is 0.211 bits per heavy atom. The van der Waals surface area contributed by atoms with Gasteiger partial charge in [0.15, 0.2) is 8.07 Å². The van der Waals surface area contributed by atoms with E-state index in [0.29, 0.717) is 0 Å². The van der Waals surface area contributed by atoms with Crippen molar-refractivity contribution in [2.45, 2.75) is 45.8 Å². The fraction of sp³-hybridized carbons (Fsp3) is 0.127. The van der Waals surface area contributed by atoms with Crippen LogP contribution in [0.1, 0.15) is 0 Å². The minimum absolute atomic E-state index is 1.37. The quantitative estimate of drug-likeness (QED) is 0.0898. The summed E-state index contributed by atoms with van der Waals surface area (Å²) in [5.41, 5.74) is 0. The van der Waals surface area contributed by atoms with Crippen molar-refractivity contribution in [2.75, 3.05) is 0 Å². The minimum atomic E-state index is -2.43. The highest BCUT2D eigenvalue weighted by Crippen LogP contribution is 2.38. The maximum atomic E-state index is 2.64. The second-order valence-electron chi connectivity index (χ2n) is 19.4. The Bertz CT molecular complexity index is 3340. The van der Waals surface area contributed by atoms with Crippen molar-refractivity contribution in [1.82, 2.24) is 0 Å². The van der Waals surface area contributed by atoms with Gasteiger partial charge in [-0.05, 0) is 116 Å². The van der Waals surface area contributed by atoms with Crippen molar-refractivity contribution in [3.05, 3.63) is 162 Å². The van der Waals surface area contributed by atoms with Gasteiger partial charge in [0.25, 0.3) is 0 Å². The standard InChI is InChI=1S/C55H48S12Si4/c1-68(2,47-23-14-38(59-47)35-11-8-32-56-35)50-26-17-41(62-50)44-20-29-53(65-44)71(7,54-30-21-45(66-54)42-18-27-51(63-42)69(3,4)48-24-15-39(60-48)36-12-9-33-57-36)55-31-22-46(67-55)43-19-28-52(64-43)70(5,6)49-25-16-40(61-49)37-13-10-34-58-37/h8-34H,1-7H3. The Morgan fingerprint density at radius 2 is 0.394 bits per heavy atom. The molecular weight excluding hydrogens is 1160 g/mol. The number of hydrogen-bond donors (Lipinski definition) is 0. The van der Waals surface area contributed by atoms with Crippen LogP contribution in [0.5, 0.6) is 0 Å². The van der Waals surface area contributed by atoms with Crippen molar-refractivity contribution in [1.29, 1.82) is 0 Å². The predicted molar refractivity (Wildman–Crippen MR) is 347 cm³/mol. The molecule has 0 bridgehead atoms. The SMILES string of the molecule is C[Si](C)(c1ccc(-c2cccs2)s1)c1ccc(-c2ccc([Si](C)(c3ccc(-c4ccc([Si](C)(C)c5ccc(-c6cccs6)s5)s4)s3)c3ccc(-c4ccc([Si](C)(C)c5ccc(-c6cccs6)s5)s4)s3)s2)s1. The van der Waals surface area contributed by atoms with Gasteiger partial charge >= 0.3 is 0 Å². The van der Waals surface area contributed by atoms with Crippen LogP contribution >= 0.6 is 136 Å². The molecule has 12 heterocycles. The highest BCUT2D eigenvalue weighted by Gasteiger charge is 2.40. The minimum Gasteiger partial charge on any atom is -0.144 e. The van der Waals surface area contributed by atoms with Crippen molar-refractivity contribution in [2.24, 2.45) is 0 Å². The molecular formula is C55H48S12Si4. The maximum Gasteiger partial charge on any atom is 0.181 e. The van der Waals surface area contributed by atoms with E-state index in [-0.39, 0.29) is 0 Å². The monoisotopic (exact) mass is 1200 g/mol. The van der Waals surface area contributed by atoms with Crippen LogP contribution in [0, 0.1) is 0 Å². The van der Waals surface area contributed by atoms with Gasteiger partial charge in [-0.25, -0.2) is 0 Å². The molecule has 0 N–H and O–H groups in total. The van der Waals surface area contributed by atoms with E-state index in [1.54, 1.807) is 40.5 Å². The predicted octanol–water partition coefficient (Wildman–Crippen LogP) is 16.0. The molecule has 0 aliphatic heterocycles. The molecule has 0 atom stereocenters. The molecule has 0 amide bonds. The first kappa shape index (κ1) is 49.2. The van der Waals surface area contributed by atoms with E-state index in [4.69, 9.17) is 0 Å². The molecule has 0 radical (unpaired) electrons. The van der Waals surface area contributed by atoms with E-state index in [1.165, 1.54) is 58.5 Å². The molecule has 12 aromatic rings. The summed E-state index contributed by atoms with van der Waals surface area (Å²) in [4.78, 5) is 16.7. The summed E-state index contributed by atoms with van der Waals surface area (Å²) in [6.07, 6.45) is 0. The lowest BCUT2D eigenvalue weighted by atomic mass is 10.4. The van der Waals surface area contributed by atoms with E-state index in [9.17, 15) is 0 Å². The summed E-state index contributed by atoms with van der Waals surface area (Å²) in [6.45, 7) is 17.9. The number of hydrogen-bond acceptors (Lipinski definition) is 12. The van der Waals surface area contributed by atoms with Gasteiger partial charge in [-0.1, -0.05) is 119 Å². The largest absolute Gasteiger partial charge is 0.181 e. The molecule has 0 aromatic carbocycles. The van der Waals surface area contributed by atoms with Crippen LogP contribution < -0.4 is 40.5 Å². The van der Waals surface area contributed by atoms with Crippen LogP contribution in [0.25, 0.3) is 58.5 Å². The third-order valence-corrected chi connectivity index (χ3v) is 53.0. The maximum absolute atomic E-state index is 2.64. The molecule has 16 heteroatoms. The molecule has 356 valence electrons. The van der Waals surface area contributed by atoms with Gasteiger partial charge in [0.1, 0.15) is 24.2 Å². The Hall–Kier alpha value is -2.73. The van der Waals surface area contributed by atoms with Crippen molar-refractivity contribution >= 4 is 209 Å². The van der Waals surface area contributed by atoms with Crippen LogP contribution in [-0.2, 0) is 0 Å². The Kier molecular flexibility index (Phi) is 13.5. The lowest BCUT2D eigenvalue weighted by Gasteiger charge is -2.24. The molecule has 0 spiro atoms. The average Bonchev–Trinajstić information content (AvgIpc) is 4.22. The Morgan fingerprint density at radius 3 is 0.592 bits per heavy atom. The second-order valence-corrected chi connectivity index (χ2v) is 52.1. The average molecular weight is 1210 g/mol. The van der Waals surface area contributed by atoms with Gasteiger partial charge in [-0.3, -0.25) is 0 Å². The van der Waals surface area contributed by atoms with Crippen LogP contribution in [0.3, 0.4) is 0 Å². The number of rotatable bonds is 15. The summed E-state index contributed by atoms with van der Waals surface area (Å²) in [5.74, 6) is 0. The van der Waals surface area contributed by atoms with Crippen LogP contribution in [0.2, 0.25) is 45.8 Å². The molecule has 12 rings (SSSR count). The third-order valence-electron chi connectivity index (χ3n) is 13.6. The van der Waals surface area contributed by atoms with Gasteiger partial charge in [0.05, 0.1) is 0 Å². The zero-order valence-electron chi connectivity index (χ0n) is 40.0. The molecule has 0 aliphatic rings. The van der Waals surface area contributed by atoms with Crippen molar-refractivity contribution in [3.63, 3.8) is 0 Å². The molecule has 0 nitrogen and oxygen atoms in total. The first-order chi connectivity index (χ1) is 34.2. The van der Waals surface area contributed by atoms with E-state index in [2.05, 4.69) is 242 Å². The van der Waals surface area contributed by atoms with E-state index in [0.717, 1.165) is 0 Å². The van der Waals surface area contributed by atoms with Crippen LogP contribution in [0.4, 0.5) is 0 Å². The first-order valence-electron chi connectivity index (χ1n) is 23.3. The molecule has 0 fully saturated rings. The summed E-state index contributed by atoms with van der Waals surface area (Å²) in [7, 11) is -8.03. The lowest BCUT2D eigenvalue weighted by molar-refractivity contribution is 1.86. The summed E-state index contributed by atoms with van der Waals surface area (Å²) >= 11 is 23.8. The normalized spacial score (nSPS) is 12.7. The van der Waals surface area contributed by atoms with E-state index >= 15 is 0 Å². The zero-order valence-corrected chi connectivity index (χ0v) is 53.8. The molecule has 0 unspecified atom stereocenters. The van der Waals surface area contributed by atoms with Gasteiger partial charge < -0.3 is 0 Å². The highest BCUT2D eigenvalue weighted by molar-refractivity contribution is 7.49. The Balaban J connectivity index is 0.874. The zero-order chi connectivity index (χ0) is 48.7. The summed E-state index contributed by atoms with van der Waals surface area (Å²) in [5, 5.41) is 6.56. The van der Waals surface area contributed by atoms with Gasteiger partial charge in [0, 0.05) is 72.0 Å². The van der Waals surface area contributed by atoms with Gasteiger partial charge in [0.2, 0.25) is 0 Å². The summed E-state index contributed by atoms with van der Waals surface area (Å²) < 4.78 is 14.0. The lowest BCUT2D eigenvalue weighted by Crippen LogP contribution is -2.61. The highest BCUT2D eigenvalue weighted by atomic mass is 32.1. The smallest absolute Gasteiger partial charge is 0.144 e. The molecule has 0 saturated carbocycles. The molecule has 71 heavy (non-hydrogen) atoms. The van der Waals surface area contributed by atoms with Gasteiger partial charge in [-0.2, -0.15) is 0 Å². The van der Waals surface area contributed by atoms with Crippen LogP contribution in [0.15, 0.2) is 162 Å². The van der Waals surface area contributed by atoms with E-state index in [1.807, 2.05) is 102 Å². The second kappa shape index (κ2) is 19.4. The summed E-state index contributed by atoms with van der Waals surface area (Å²) in [6, 6.07) is 57.0. The van der Waals surface area contributed by atoms with Crippen molar-refractivity contribution in [3.8, 4) is 58.5 Å².